The monoisotopic (exact) mass is 377 g/mol. The van der Waals surface area contributed by atoms with Gasteiger partial charge in [-0.05, 0) is 43.2 Å². The molecule has 4 rings (SSSR count). The van der Waals surface area contributed by atoms with E-state index in [-0.39, 0.29) is 17.7 Å². The van der Waals surface area contributed by atoms with Crippen LogP contribution in [0, 0.1) is 19.8 Å². The van der Waals surface area contributed by atoms with Crippen molar-refractivity contribution >= 4 is 23.2 Å². The van der Waals surface area contributed by atoms with Crippen LogP contribution in [0.5, 0.6) is 0 Å². The molecule has 2 aliphatic rings. The van der Waals surface area contributed by atoms with Gasteiger partial charge in [0.15, 0.2) is 0 Å². The number of nitrogens with zero attached hydrogens (tertiary/aromatic N) is 3. The van der Waals surface area contributed by atoms with Crippen LogP contribution >= 0.6 is 0 Å². The van der Waals surface area contributed by atoms with Crippen LogP contribution < -0.4 is 9.80 Å². The third kappa shape index (κ3) is 3.49. The number of rotatable bonds is 3. The Labute approximate surface area is 166 Å². The predicted octanol–water partition coefficient (Wildman–Crippen LogP) is 3.01. The van der Waals surface area contributed by atoms with Gasteiger partial charge in [-0.25, -0.2) is 0 Å². The summed E-state index contributed by atoms with van der Waals surface area (Å²) in [6, 6.07) is 16.3. The van der Waals surface area contributed by atoms with Gasteiger partial charge in [0.05, 0.1) is 5.92 Å². The van der Waals surface area contributed by atoms with Gasteiger partial charge in [-0.2, -0.15) is 0 Å². The Morgan fingerprint density at radius 1 is 0.929 bits per heavy atom. The highest BCUT2D eigenvalue weighted by Crippen LogP contribution is 2.30. The Bertz CT molecular complexity index is 873. The lowest BCUT2D eigenvalue weighted by Crippen LogP contribution is -2.50. The number of hydrogen-bond acceptors (Lipinski definition) is 3. The fourth-order valence-corrected chi connectivity index (χ4v) is 4.22. The average Bonchev–Trinajstić information content (AvgIpc) is 3.12. The van der Waals surface area contributed by atoms with Crippen LogP contribution in [-0.4, -0.2) is 49.4 Å². The maximum Gasteiger partial charge on any atom is 0.228 e. The van der Waals surface area contributed by atoms with Crippen LogP contribution in [0.3, 0.4) is 0 Å². The highest BCUT2D eigenvalue weighted by molar-refractivity contribution is 6.01. The van der Waals surface area contributed by atoms with E-state index in [9.17, 15) is 9.59 Å². The van der Waals surface area contributed by atoms with Gasteiger partial charge in [-0.1, -0.05) is 30.3 Å². The van der Waals surface area contributed by atoms with Crippen molar-refractivity contribution in [3.8, 4) is 0 Å². The highest BCUT2D eigenvalue weighted by Gasteiger charge is 2.38. The second-order valence-corrected chi connectivity index (χ2v) is 7.77. The molecule has 2 aromatic rings. The Morgan fingerprint density at radius 2 is 1.64 bits per heavy atom. The van der Waals surface area contributed by atoms with E-state index in [1.54, 1.807) is 4.90 Å². The van der Waals surface area contributed by atoms with Gasteiger partial charge in [0, 0.05) is 50.5 Å². The number of benzene rings is 2. The lowest BCUT2D eigenvalue weighted by Gasteiger charge is -2.37. The summed E-state index contributed by atoms with van der Waals surface area (Å²) in [4.78, 5) is 31.7. The smallest absolute Gasteiger partial charge is 0.228 e. The fourth-order valence-electron chi connectivity index (χ4n) is 4.22. The standard InChI is InChI=1S/C23H27N3O2/c1-17-7-6-10-21(18(17)2)26-16-19(15-22(26)27)23(28)25-13-11-24(12-14-25)20-8-4-3-5-9-20/h3-10,19H,11-16H2,1-2H3/t19-/m0/s1. The Kier molecular flexibility index (Phi) is 5.07. The third-order valence-corrected chi connectivity index (χ3v) is 6.05. The molecule has 5 nitrogen and oxygen atoms in total. The van der Waals surface area contributed by atoms with Gasteiger partial charge in [0.1, 0.15) is 0 Å². The summed E-state index contributed by atoms with van der Waals surface area (Å²) < 4.78 is 0. The van der Waals surface area contributed by atoms with E-state index >= 15 is 0 Å². The van der Waals surface area contributed by atoms with E-state index in [4.69, 9.17) is 0 Å². The van der Waals surface area contributed by atoms with Crippen LogP contribution in [0.4, 0.5) is 11.4 Å². The van der Waals surface area contributed by atoms with Crippen LogP contribution in [0.25, 0.3) is 0 Å². The van der Waals surface area contributed by atoms with Gasteiger partial charge >= 0.3 is 0 Å². The topological polar surface area (TPSA) is 43.9 Å². The molecule has 0 spiro atoms. The van der Waals surface area contributed by atoms with E-state index in [0.717, 1.165) is 29.9 Å². The molecule has 2 amide bonds. The molecule has 0 aromatic heterocycles. The summed E-state index contributed by atoms with van der Waals surface area (Å²) in [5, 5.41) is 0. The number of anilines is 2. The van der Waals surface area contributed by atoms with Gasteiger partial charge in [-0.3, -0.25) is 9.59 Å². The van der Waals surface area contributed by atoms with E-state index in [1.165, 1.54) is 5.69 Å². The first-order valence-corrected chi connectivity index (χ1v) is 10.00. The average molecular weight is 377 g/mol. The number of hydrogen-bond donors (Lipinski definition) is 0. The molecular formula is C23H27N3O2. The first-order chi connectivity index (χ1) is 13.5. The zero-order valence-electron chi connectivity index (χ0n) is 16.6. The fraction of sp³-hybridized carbons (Fsp3) is 0.391. The molecule has 146 valence electrons. The molecule has 0 saturated carbocycles. The number of para-hydroxylation sites is 1. The molecular weight excluding hydrogens is 350 g/mol. The minimum absolute atomic E-state index is 0.0509. The summed E-state index contributed by atoms with van der Waals surface area (Å²) >= 11 is 0. The second kappa shape index (κ2) is 7.66. The molecule has 2 saturated heterocycles. The molecule has 1 atom stereocenters. The molecule has 0 aliphatic carbocycles. The van der Waals surface area contributed by atoms with Gasteiger partial charge in [0.25, 0.3) is 0 Å². The number of aryl methyl sites for hydroxylation is 1. The first-order valence-electron chi connectivity index (χ1n) is 10.00. The minimum Gasteiger partial charge on any atom is -0.368 e. The Balaban J connectivity index is 1.40. The molecule has 0 radical (unpaired) electrons. The SMILES string of the molecule is Cc1cccc(N2C[C@@H](C(=O)N3CCN(c4ccccc4)CC3)CC2=O)c1C. The first kappa shape index (κ1) is 18.5. The lowest BCUT2D eigenvalue weighted by atomic mass is 10.1. The second-order valence-electron chi connectivity index (χ2n) is 7.77. The maximum atomic E-state index is 13.0. The number of piperazine rings is 1. The molecule has 0 unspecified atom stereocenters. The van der Waals surface area contributed by atoms with Crippen molar-refractivity contribution in [3.63, 3.8) is 0 Å². The zero-order chi connectivity index (χ0) is 19.7. The molecule has 5 heteroatoms. The summed E-state index contributed by atoms with van der Waals surface area (Å²) in [7, 11) is 0. The van der Waals surface area contributed by atoms with Gasteiger partial charge in [0.2, 0.25) is 11.8 Å². The predicted molar refractivity (Wildman–Crippen MR) is 112 cm³/mol. The van der Waals surface area contributed by atoms with Gasteiger partial charge < -0.3 is 14.7 Å². The van der Waals surface area contributed by atoms with Gasteiger partial charge in [-0.15, -0.1) is 0 Å². The summed E-state index contributed by atoms with van der Waals surface area (Å²) in [6.45, 7) is 7.66. The molecule has 0 N–H and O–H groups in total. The van der Waals surface area contributed by atoms with Crippen molar-refractivity contribution in [3.05, 3.63) is 59.7 Å². The van der Waals surface area contributed by atoms with E-state index in [2.05, 4.69) is 17.0 Å². The van der Waals surface area contributed by atoms with E-state index in [0.29, 0.717) is 26.1 Å². The quantitative estimate of drug-likeness (QED) is 0.826. The molecule has 2 aliphatic heterocycles. The number of carbonyl (C=O) groups is 2. The summed E-state index contributed by atoms with van der Waals surface area (Å²) in [5.74, 6) is -0.0699. The Hall–Kier alpha value is -2.82. The van der Waals surface area contributed by atoms with Crippen molar-refractivity contribution in [1.82, 2.24) is 4.90 Å². The van der Waals surface area contributed by atoms with Crippen LogP contribution in [0.1, 0.15) is 17.5 Å². The van der Waals surface area contributed by atoms with Crippen LogP contribution in [-0.2, 0) is 9.59 Å². The molecule has 2 fully saturated rings. The Morgan fingerprint density at radius 3 is 2.36 bits per heavy atom. The van der Waals surface area contributed by atoms with Crippen molar-refractivity contribution in [2.45, 2.75) is 20.3 Å². The normalized spacial score (nSPS) is 20.0. The molecule has 28 heavy (non-hydrogen) atoms. The maximum absolute atomic E-state index is 13.0. The van der Waals surface area contributed by atoms with Crippen molar-refractivity contribution < 1.29 is 9.59 Å². The number of amides is 2. The molecule has 0 bridgehead atoms. The molecule has 2 aromatic carbocycles. The molecule has 2 heterocycles. The van der Waals surface area contributed by atoms with Crippen molar-refractivity contribution in [2.24, 2.45) is 5.92 Å². The van der Waals surface area contributed by atoms with Crippen molar-refractivity contribution in [1.29, 1.82) is 0 Å². The number of carbonyl (C=O) groups excluding carboxylic acids is 2. The highest BCUT2D eigenvalue weighted by atomic mass is 16.2. The lowest BCUT2D eigenvalue weighted by molar-refractivity contribution is -0.136. The largest absolute Gasteiger partial charge is 0.368 e. The van der Waals surface area contributed by atoms with Crippen molar-refractivity contribution in [2.75, 3.05) is 42.5 Å². The summed E-state index contributed by atoms with van der Waals surface area (Å²) in [6.07, 6.45) is 0.311. The summed E-state index contributed by atoms with van der Waals surface area (Å²) in [5.41, 5.74) is 4.42. The van der Waals surface area contributed by atoms with Crippen LogP contribution in [0.15, 0.2) is 48.5 Å². The van der Waals surface area contributed by atoms with E-state index in [1.807, 2.05) is 55.1 Å². The van der Waals surface area contributed by atoms with E-state index < -0.39 is 0 Å². The van der Waals surface area contributed by atoms with Crippen LogP contribution in [0.2, 0.25) is 0 Å². The third-order valence-electron chi connectivity index (χ3n) is 6.05. The minimum atomic E-state index is -0.240. The zero-order valence-corrected chi connectivity index (χ0v) is 16.6.